The molecule has 0 aromatic rings. The van der Waals surface area contributed by atoms with Crippen LogP contribution in [0.1, 0.15) is 26.2 Å². The Hall–Kier alpha value is -0.120. The molecule has 0 aliphatic rings. The van der Waals surface area contributed by atoms with Crippen molar-refractivity contribution >= 4 is 0 Å². The highest BCUT2D eigenvalue weighted by molar-refractivity contribution is 4.34. The fraction of sp³-hybridized carbons (Fsp3) is 1.00. The Morgan fingerprint density at radius 3 is 1.70 bits per heavy atom. The highest BCUT2D eigenvalue weighted by Crippen LogP contribution is 1.88. The Kier molecular flexibility index (Phi) is 20.0. The zero-order chi connectivity index (χ0) is 8.24. The molecular formula is C7H20N2O. The average Bonchev–Trinajstić information content (AvgIpc) is 2.01. The molecule has 0 aromatic heterocycles. The molecule has 3 nitrogen and oxygen atoms in total. The van der Waals surface area contributed by atoms with Crippen LogP contribution in [0.15, 0.2) is 0 Å². The second-order valence-electron chi connectivity index (χ2n) is 2.01. The molecule has 0 fully saturated rings. The van der Waals surface area contributed by atoms with Crippen LogP contribution in [0.25, 0.3) is 0 Å². The molecule has 64 valence electrons. The lowest BCUT2D eigenvalue weighted by Gasteiger charge is -1.86. The minimum Gasteiger partial charge on any atom is -0.395 e. The van der Waals surface area contributed by atoms with E-state index in [9.17, 15) is 0 Å². The lowest BCUT2D eigenvalue weighted by Crippen LogP contribution is -2.02. The zero-order valence-corrected chi connectivity index (χ0v) is 6.84. The van der Waals surface area contributed by atoms with Gasteiger partial charge in [-0.25, -0.2) is 0 Å². The fourth-order valence-corrected chi connectivity index (χ4v) is 0.394. The van der Waals surface area contributed by atoms with E-state index in [0.29, 0.717) is 6.54 Å². The Morgan fingerprint density at radius 2 is 1.60 bits per heavy atom. The van der Waals surface area contributed by atoms with E-state index in [1.54, 1.807) is 0 Å². The Bertz CT molecular complexity index is 36.6. The molecule has 0 aromatic carbocycles. The van der Waals surface area contributed by atoms with Crippen molar-refractivity contribution in [3.8, 4) is 0 Å². The summed E-state index contributed by atoms with van der Waals surface area (Å²) >= 11 is 0. The minimum atomic E-state index is 0.0972. The van der Waals surface area contributed by atoms with E-state index >= 15 is 0 Å². The molecule has 3 heteroatoms. The van der Waals surface area contributed by atoms with Gasteiger partial charge >= 0.3 is 0 Å². The summed E-state index contributed by atoms with van der Waals surface area (Å²) in [7, 11) is 0. The molecule has 0 saturated carbocycles. The quantitative estimate of drug-likeness (QED) is 0.494. The van der Waals surface area contributed by atoms with Crippen molar-refractivity contribution in [2.45, 2.75) is 26.2 Å². The van der Waals surface area contributed by atoms with Gasteiger partial charge in [0, 0.05) is 6.54 Å². The molecule has 0 unspecified atom stereocenters. The average molecular weight is 148 g/mol. The fourth-order valence-electron chi connectivity index (χ4n) is 0.394. The summed E-state index contributed by atoms with van der Waals surface area (Å²) in [5, 5.41) is 7.75. The molecule has 0 aliphatic carbocycles. The van der Waals surface area contributed by atoms with Gasteiger partial charge in [0.05, 0.1) is 6.61 Å². The smallest absolute Gasteiger partial charge is 0.0553 e. The largest absolute Gasteiger partial charge is 0.395 e. The lowest BCUT2D eigenvalue weighted by atomic mass is 10.3. The maximum absolute atomic E-state index is 7.75. The summed E-state index contributed by atoms with van der Waals surface area (Å²) in [5.74, 6) is 0. The number of aliphatic hydroxyl groups excluding tert-OH is 1. The molecule has 0 spiro atoms. The van der Waals surface area contributed by atoms with E-state index in [4.69, 9.17) is 16.6 Å². The second kappa shape index (κ2) is 15.9. The highest BCUT2D eigenvalue weighted by Gasteiger charge is 1.75. The van der Waals surface area contributed by atoms with Crippen molar-refractivity contribution in [1.82, 2.24) is 0 Å². The first-order valence-corrected chi connectivity index (χ1v) is 3.84. The second-order valence-corrected chi connectivity index (χ2v) is 2.01. The van der Waals surface area contributed by atoms with Crippen LogP contribution in [0.4, 0.5) is 0 Å². The highest BCUT2D eigenvalue weighted by atomic mass is 16.3. The van der Waals surface area contributed by atoms with Crippen molar-refractivity contribution in [3.63, 3.8) is 0 Å². The van der Waals surface area contributed by atoms with Crippen LogP contribution in [0.2, 0.25) is 0 Å². The van der Waals surface area contributed by atoms with Crippen molar-refractivity contribution < 1.29 is 5.11 Å². The SMILES string of the molecule is CCCCCN.NCCO. The van der Waals surface area contributed by atoms with Gasteiger partial charge < -0.3 is 16.6 Å². The van der Waals surface area contributed by atoms with Crippen LogP contribution in [0, 0.1) is 0 Å². The summed E-state index contributed by atoms with van der Waals surface area (Å²) in [6, 6.07) is 0. The summed E-state index contributed by atoms with van der Waals surface area (Å²) in [5.41, 5.74) is 9.99. The van der Waals surface area contributed by atoms with Crippen LogP contribution in [-0.2, 0) is 0 Å². The number of aliphatic hydroxyl groups is 1. The Morgan fingerprint density at radius 1 is 1.10 bits per heavy atom. The van der Waals surface area contributed by atoms with Crippen LogP contribution in [0.5, 0.6) is 0 Å². The molecule has 0 bridgehead atoms. The molecule has 0 rings (SSSR count). The molecule has 5 N–H and O–H groups in total. The zero-order valence-electron chi connectivity index (χ0n) is 6.84. The Labute approximate surface area is 63.4 Å². The van der Waals surface area contributed by atoms with Crippen molar-refractivity contribution in [1.29, 1.82) is 0 Å². The maximum Gasteiger partial charge on any atom is 0.0553 e. The molecule has 0 atom stereocenters. The maximum atomic E-state index is 7.75. The molecule has 10 heavy (non-hydrogen) atoms. The molecule has 0 radical (unpaired) electrons. The van der Waals surface area contributed by atoms with Gasteiger partial charge in [0.2, 0.25) is 0 Å². The predicted molar refractivity (Wildman–Crippen MR) is 44.7 cm³/mol. The van der Waals surface area contributed by atoms with Crippen LogP contribution < -0.4 is 11.5 Å². The van der Waals surface area contributed by atoms with Crippen LogP contribution >= 0.6 is 0 Å². The van der Waals surface area contributed by atoms with Gasteiger partial charge in [-0.3, -0.25) is 0 Å². The summed E-state index contributed by atoms with van der Waals surface area (Å²) in [4.78, 5) is 0. The van der Waals surface area contributed by atoms with Gasteiger partial charge in [-0.2, -0.15) is 0 Å². The third-order valence-corrected chi connectivity index (χ3v) is 0.937. The number of hydrogen-bond donors (Lipinski definition) is 3. The Balaban J connectivity index is 0. The van der Waals surface area contributed by atoms with Crippen molar-refractivity contribution in [3.05, 3.63) is 0 Å². The topological polar surface area (TPSA) is 72.3 Å². The number of hydrogen-bond acceptors (Lipinski definition) is 3. The van der Waals surface area contributed by atoms with E-state index in [1.807, 2.05) is 0 Å². The molecular weight excluding hydrogens is 128 g/mol. The lowest BCUT2D eigenvalue weighted by molar-refractivity contribution is 0.306. The van der Waals surface area contributed by atoms with E-state index in [2.05, 4.69) is 6.92 Å². The molecule has 0 aliphatic heterocycles. The van der Waals surface area contributed by atoms with E-state index in [1.165, 1.54) is 19.3 Å². The van der Waals surface area contributed by atoms with Gasteiger partial charge in [0.15, 0.2) is 0 Å². The number of rotatable bonds is 4. The third kappa shape index (κ3) is 24.8. The summed E-state index contributed by atoms with van der Waals surface area (Å²) < 4.78 is 0. The first kappa shape index (κ1) is 12.5. The summed E-state index contributed by atoms with van der Waals surface area (Å²) in [6.07, 6.45) is 3.75. The molecule has 0 saturated heterocycles. The van der Waals surface area contributed by atoms with Gasteiger partial charge in [-0.15, -0.1) is 0 Å². The van der Waals surface area contributed by atoms with E-state index < -0.39 is 0 Å². The van der Waals surface area contributed by atoms with E-state index in [-0.39, 0.29) is 6.61 Å². The first-order chi connectivity index (χ1) is 4.83. The molecule has 0 heterocycles. The van der Waals surface area contributed by atoms with Gasteiger partial charge in [-0.05, 0) is 13.0 Å². The van der Waals surface area contributed by atoms with E-state index in [0.717, 1.165) is 6.54 Å². The first-order valence-electron chi connectivity index (χ1n) is 3.84. The summed E-state index contributed by atoms with van der Waals surface area (Å²) in [6.45, 7) is 3.50. The minimum absolute atomic E-state index is 0.0972. The van der Waals surface area contributed by atoms with Gasteiger partial charge in [0.25, 0.3) is 0 Å². The van der Waals surface area contributed by atoms with Gasteiger partial charge in [-0.1, -0.05) is 19.8 Å². The predicted octanol–water partition coefficient (Wildman–Crippen LogP) is 0.0727. The number of nitrogens with two attached hydrogens (primary N) is 2. The van der Waals surface area contributed by atoms with Crippen LogP contribution in [-0.4, -0.2) is 24.8 Å². The standard InChI is InChI=1S/C5H13N.C2H7NO/c1-2-3-4-5-6;3-1-2-4/h2-6H2,1H3;4H,1-3H2. The van der Waals surface area contributed by atoms with Crippen molar-refractivity contribution in [2.24, 2.45) is 11.5 Å². The van der Waals surface area contributed by atoms with Crippen LogP contribution in [0.3, 0.4) is 0 Å². The monoisotopic (exact) mass is 148 g/mol. The normalized spacial score (nSPS) is 8.40. The van der Waals surface area contributed by atoms with Gasteiger partial charge in [0.1, 0.15) is 0 Å². The van der Waals surface area contributed by atoms with Crippen molar-refractivity contribution in [2.75, 3.05) is 19.7 Å². The number of unbranched alkanes of at least 4 members (excludes halogenated alkanes) is 2. The third-order valence-electron chi connectivity index (χ3n) is 0.937. The molecule has 0 amide bonds.